The molecule has 0 aromatic rings. The molecule has 1 N–H and O–H groups in total. The zero-order chi connectivity index (χ0) is 37.9. The molecule has 0 aliphatic carbocycles. The monoisotopic (exact) mass is 749 g/mol. The zero-order valence-electron chi connectivity index (χ0n) is 34.1. The molecule has 0 aromatic carbocycles. The molecular formula is C41H83NO8P+. The van der Waals surface area contributed by atoms with Crippen molar-refractivity contribution in [1.82, 2.24) is 0 Å². The van der Waals surface area contributed by atoms with Crippen molar-refractivity contribution in [2.45, 2.75) is 206 Å². The minimum atomic E-state index is -4.36. The number of ether oxygens (including phenoxy) is 2. The Morgan fingerprint density at radius 2 is 0.882 bits per heavy atom. The first kappa shape index (κ1) is 50.0. The van der Waals surface area contributed by atoms with Crippen molar-refractivity contribution in [2.75, 3.05) is 47.5 Å². The van der Waals surface area contributed by atoms with Gasteiger partial charge in [0.05, 0.1) is 27.7 Å². The zero-order valence-corrected chi connectivity index (χ0v) is 35.0. The Kier molecular flexibility index (Phi) is 34.1. The molecule has 1 unspecified atom stereocenters. The van der Waals surface area contributed by atoms with Crippen molar-refractivity contribution < 1.29 is 42.1 Å². The number of carbonyl (C=O) groups excluding carboxylic acids is 2. The summed E-state index contributed by atoms with van der Waals surface area (Å²) in [6, 6.07) is 0. The van der Waals surface area contributed by atoms with E-state index in [0.29, 0.717) is 17.4 Å². The number of hydrogen-bond acceptors (Lipinski definition) is 7. The molecule has 0 rings (SSSR count). The summed E-state index contributed by atoms with van der Waals surface area (Å²) >= 11 is 0. The third kappa shape index (κ3) is 38.5. The van der Waals surface area contributed by atoms with Crippen molar-refractivity contribution in [3.05, 3.63) is 0 Å². The number of phosphoric acid groups is 1. The van der Waals surface area contributed by atoms with Gasteiger partial charge in [-0.15, -0.1) is 0 Å². The van der Waals surface area contributed by atoms with Crippen molar-refractivity contribution in [3.63, 3.8) is 0 Å². The fourth-order valence-electron chi connectivity index (χ4n) is 6.01. The number of esters is 2. The SMILES string of the molecule is CCCCCCCCCCCCCCCCCCC(=O)O[C@H](COC(=O)CCCCCCCCCCCCC)COP(=O)(O)OCC[N+](C)(C)C. The molecular weight excluding hydrogens is 665 g/mol. The van der Waals surface area contributed by atoms with Crippen LogP contribution >= 0.6 is 7.82 Å². The van der Waals surface area contributed by atoms with Crippen molar-refractivity contribution in [1.29, 1.82) is 0 Å². The predicted molar refractivity (Wildman–Crippen MR) is 211 cm³/mol. The van der Waals surface area contributed by atoms with E-state index in [4.69, 9.17) is 18.5 Å². The number of nitrogens with zero attached hydrogens (tertiary/aromatic N) is 1. The standard InChI is InChI=1S/C41H82NO8P/c1-6-8-10-12-14-16-18-19-20-21-22-24-26-28-30-32-34-41(44)50-39(38-49-51(45,46)48-36-35-42(3,4)5)37-47-40(43)33-31-29-27-25-23-17-15-13-11-9-7-2/h39H,6-38H2,1-5H3/p+1/t39-/m1/s1. The summed E-state index contributed by atoms with van der Waals surface area (Å²) in [5, 5.41) is 0. The van der Waals surface area contributed by atoms with Gasteiger partial charge in [0.2, 0.25) is 0 Å². The molecule has 0 heterocycles. The van der Waals surface area contributed by atoms with Gasteiger partial charge >= 0.3 is 19.8 Å². The van der Waals surface area contributed by atoms with E-state index in [-0.39, 0.29) is 25.6 Å². The summed E-state index contributed by atoms with van der Waals surface area (Å²) in [5.74, 6) is -0.787. The molecule has 0 saturated heterocycles. The third-order valence-corrected chi connectivity index (χ3v) is 10.4. The molecule has 0 fully saturated rings. The minimum Gasteiger partial charge on any atom is -0.462 e. The van der Waals surface area contributed by atoms with Crippen LogP contribution in [0.2, 0.25) is 0 Å². The van der Waals surface area contributed by atoms with E-state index in [9.17, 15) is 19.0 Å². The molecule has 9 nitrogen and oxygen atoms in total. The largest absolute Gasteiger partial charge is 0.472 e. The third-order valence-electron chi connectivity index (χ3n) is 9.39. The number of hydrogen-bond donors (Lipinski definition) is 1. The average molecular weight is 749 g/mol. The number of quaternary nitrogens is 1. The van der Waals surface area contributed by atoms with Gasteiger partial charge in [0.1, 0.15) is 19.8 Å². The lowest BCUT2D eigenvalue weighted by Crippen LogP contribution is -2.37. The van der Waals surface area contributed by atoms with Crippen molar-refractivity contribution in [3.8, 4) is 0 Å². The molecule has 0 aromatic heterocycles. The molecule has 0 aliphatic rings. The van der Waals surface area contributed by atoms with Gasteiger partial charge in [-0.05, 0) is 12.8 Å². The fourth-order valence-corrected chi connectivity index (χ4v) is 6.76. The lowest BCUT2D eigenvalue weighted by molar-refractivity contribution is -0.870. The van der Waals surface area contributed by atoms with Crippen LogP contribution < -0.4 is 0 Å². The molecule has 0 amide bonds. The van der Waals surface area contributed by atoms with Gasteiger partial charge in [0, 0.05) is 12.8 Å². The fraction of sp³-hybridized carbons (Fsp3) is 0.951. The van der Waals surface area contributed by atoms with E-state index in [0.717, 1.165) is 38.5 Å². The first-order chi connectivity index (χ1) is 24.5. The van der Waals surface area contributed by atoms with Crippen molar-refractivity contribution >= 4 is 19.8 Å². The first-order valence-electron chi connectivity index (χ1n) is 21.3. The van der Waals surface area contributed by atoms with E-state index in [2.05, 4.69) is 13.8 Å². The highest BCUT2D eigenvalue weighted by atomic mass is 31.2. The highest BCUT2D eigenvalue weighted by Crippen LogP contribution is 2.43. The second kappa shape index (κ2) is 34.8. The van der Waals surface area contributed by atoms with Crippen molar-refractivity contribution in [2.24, 2.45) is 0 Å². The van der Waals surface area contributed by atoms with Gasteiger partial charge in [-0.3, -0.25) is 18.6 Å². The molecule has 10 heteroatoms. The smallest absolute Gasteiger partial charge is 0.462 e. The second-order valence-corrected chi connectivity index (χ2v) is 17.2. The van der Waals surface area contributed by atoms with E-state index in [1.807, 2.05) is 21.1 Å². The van der Waals surface area contributed by atoms with Gasteiger partial charge in [-0.25, -0.2) is 4.57 Å². The van der Waals surface area contributed by atoms with E-state index >= 15 is 0 Å². The first-order valence-corrected chi connectivity index (χ1v) is 22.8. The molecule has 2 atom stereocenters. The minimum absolute atomic E-state index is 0.0366. The number of likely N-dealkylation sites (N-methyl/N-ethyl adjacent to an activating group) is 1. The number of rotatable bonds is 39. The van der Waals surface area contributed by atoms with E-state index < -0.39 is 26.5 Å². The maximum Gasteiger partial charge on any atom is 0.472 e. The Morgan fingerprint density at radius 3 is 1.25 bits per heavy atom. The molecule has 0 radical (unpaired) electrons. The summed E-state index contributed by atoms with van der Waals surface area (Å²) in [7, 11) is 1.49. The highest BCUT2D eigenvalue weighted by Gasteiger charge is 2.27. The van der Waals surface area contributed by atoms with Gasteiger partial charge in [-0.2, -0.15) is 0 Å². The van der Waals surface area contributed by atoms with Gasteiger partial charge < -0.3 is 18.9 Å². The number of phosphoric ester groups is 1. The molecule has 0 saturated carbocycles. The highest BCUT2D eigenvalue weighted by molar-refractivity contribution is 7.47. The maximum atomic E-state index is 12.7. The van der Waals surface area contributed by atoms with Gasteiger partial charge in [0.25, 0.3) is 0 Å². The maximum absolute atomic E-state index is 12.7. The van der Waals surface area contributed by atoms with Gasteiger partial charge in [0.15, 0.2) is 6.10 Å². The van der Waals surface area contributed by atoms with Crippen LogP contribution in [0.4, 0.5) is 0 Å². The summed E-state index contributed by atoms with van der Waals surface area (Å²) in [5.41, 5.74) is 0. The summed E-state index contributed by atoms with van der Waals surface area (Å²) < 4.78 is 34.2. The lowest BCUT2D eigenvalue weighted by atomic mass is 10.0. The Hall–Kier alpha value is -0.990. The quantitative estimate of drug-likeness (QED) is 0.0286. The van der Waals surface area contributed by atoms with E-state index in [1.54, 1.807) is 0 Å². The Bertz CT molecular complexity index is 850. The topological polar surface area (TPSA) is 108 Å². The summed E-state index contributed by atoms with van der Waals surface area (Å²) in [6.45, 7) is 4.44. The Balaban J connectivity index is 4.33. The number of carbonyl (C=O) groups is 2. The van der Waals surface area contributed by atoms with Crippen LogP contribution in [0.5, 0.6) is 0 Å². The Morgan fingerprint density at radius 1 is 0.529 bits per heavy atom. The van der Waals surface area contributed by atoms with Crippen LogP contribution in [-0.2, 0) is 32.7 Å². The number of unbranched alkanes of at least 4 members (excludes halogenated alkanes) is 25. The van der Waals surface area contributed by atoms with Crippen LogP contribution in [0.1, 0.15) is 200 Å². The van der Waals surface area contributed by atoms with E-state index in [1.165, 1.54) is 135 Å². The second-order valence-electron chi connectivity index (χ2n) is 15.7. The summed E-state index contributed by atoms with van der Waals surface area (Å²) in [6.07, 6.45) is 32.8. The predicted octanol–water partition coefficient (Wildman–Crippen LogP) is 11.6. The lowest BCUT2D eigenvalue weighted by Gasteiger charge is -2.24. The average Bonchev–Trinajstić information content (AvgIpc) is 3.07. The van der Waals surface area contributed by atoms with Crippen LogP contribution in [0.15, 0.2) is 0 Å². The normalized spacial score (nSPS) is 13.6. The van der Waals surface area contributed by atoms with Gasteiger partial charge in [-0.1, -0.05) is 174 Å². The van der Waals surface area contributed by atoms with Crippen LogP contribution in [0, 0.1) is 0 Å². The molecule has 51 heavy (non-hydrogen) atoms. The molecule has 0 bridgehead atoms. The van der Waals surface area contributed by atoms with Crippen LogP contribution in [0.3, 0.4) is 0 Å². The molecule has 0 aliphatic heterocycles. The molecule has 0 spiro atoms. The van der Waals surface area contributed by atoms with Crippen LogP contribution in [-0.4, -0.2) is 74.9 Å². The van der Waals surface area contributed by atoms with Crippen LogP contribution in [0.25, 0.3) is 0 Å². The summed E-state index contributed by atoms with van der Waals surface area (Å²) in [4.78, 5) is 35.2. The molecule has 304 valence electrons. The Labute approximate surface area is 314 Å².